The van der Waals surface area contributed by atoms with Gasteiger partial charge in [-0.3, -0.25) is 4.79 Å². The lowest BCUT2D eigenvalue weighted by Crippen LogP contribution is -2.46. The average molecular weight is 274 g/mol. The third-order valence-corrected chi connectivity index (χ3v) is 4.75. The third-order valence-electron chi connectivity index (χ3n) is 3.15. The molecule has 0 bridgehead atoms. The molecule has 1 fully saturated rings. The normalized spacial score (nSPS) is 19.2. The van der Waals surface area contributed by atoms with Crippen molar-refractivity contribution in [2.45, 2.75) is 39.2 Å². The van der Waals surface area contributed by atoms with Gasteiger partial charge in [0.1, 0.15) is 6.04 Å². The smallest absolute Gasteiger partial charge is 0.321 e. The van der Waals surface area contributed by atoms with E-state index >= 15 is 0 Å². The Kier molecular flexibility index (Phi) is 4.35. The van der Waals surface area contributed by atoms with Gasteiger partial charge < -0.3 is 5.11 Å². The molecule has 1 atom stereocenters. The number of aliphatic carboxylic acids is 1. The minimum atomic E-state index is -3.67. The first-order valence-electron chi connectivity index (χ1n) is 5.81. The van der Waals surface area contributed by atoms with E-state index in [1.807, 2.05) is 6.07 Å². The first-order chi connectivity index (χ1) is 8.21. The van der Waals surface area contributed by atoms with Crippen molar-refractivity contribution in [3.8, 4) is 6.07 Å². The fraction of sp³-hybridized carbons (Fsp3) is 0.818. The molecule has 0 unspecified atom stereocenters. The van der Waals surface area contributed by atoms with Crippen LogP contribution in [0.3, 0.4) is 0 Å². The van der Waals surface area contributed by atoms with E-state index in [1.54, 1.807) is 13.8 Å². The Bertz CT molecular complexity index is 460. The van der Waals surface area contributed by atoms with Gasteiger partial charge in [-0.1, -0.05) is 13.8 Å². The molecule has 0 heterocycles. The predicted octanol–water partition coefficient (Wildman–Crippen LogP) is 0.709. The SMILES string of the molecule is CC(C)[C@H](NS(=O)(=O)CC1(CC#N)CC1)C(=O)O. The number of carboxylic acids is 1. The molecule has 0 amide bonds. The highest BCUT2D eigenvalue weighted by atomic mass is 32.2. The van der Waals surface area contributed by atoms with Gasteiger partial charge in [-0.15, -0.1) is 0 Å². The lowest BCUT2D eigenvalue weighted by atomic mass is 10.1. The summed E-state index contributed by atoms with van der Waals surface area (Å²) in [6.45, 7) is 3.28. The molecule has 0 aliphatic heterocycles. The van der Waals surface area contributed by atoms with Crippen molar-refractivity contribution >= 4 is 16.0 Å². The van der Waals surface area contributed by atoms with E-state index in [-0.39, 0.29) is 18.1 Å². The van der Waals surface area contributed by atoms with Gasteiger partial charge in [0.05, 0.1) is 11.8 Å². The zero-order chi connectivity index (χ0) is 14.0. The molecule has 1 rings (SSSR count). The molecule has 7 heteroatoms. The maximum absolute atomic E-state index is 11.9. The summed E-state index contributed by atoms with van der Waals surface area (Å²) in [6, 6.07) is 0.866. The van der Waals surface area contributed by atoms with Crippen LogP contribution >= 0.6 is 0 Å². The minimum absolute atomic E-state index is 0.163. The Labute approximate surface area is 107 Å². The highest BCUT2D eigenvalue weighted by Crippen LogP contribution is 2.49. The molecule has 0 aromatic heterocycles. The quantitative estimate of drug-likeness (QED) is 0.711. The first-order valence-corrected chi connectivity index (χ1v) is 7.46. The fourth-order valence-electron chi connectivity index (χ4n) is 1.83. The van der Waals surface area contributed by atoms with Gasteiger partial charge in [-0.05, 0) is 24.2 Å². The van der Waals surface area contributed by atoms with Gasteiger partial charge in [0.25, 0.3) is 0 Å². The summed E-state index contributed by atoms with van der Waals surface area (Å²) >= 11 is 0. The van der Waals surface area contributed by atoms with Crippen LogP contribution in [-0.4, -0.2) is 31.3 Å². The first kappa shape index (κ1) is 14.9. The summed E-state index contributed by atoms with van der Waals surface area (Å²) in [6.07, 6.45) is 1.62. The van der Waals surface area contributed by atoms with Gasteiger partial charge in [0.2, 0.25) is 10.0 Å². The lowest BCUT2D eigenvalue weighted by molar-refractivity contribution is -0.140. The van der Waals surface area contributed by atoms with Crippen LogP contribution in [0.5, 0.6) is 0 Å². The molecule has 0 saturated heterocycles. The van der Waals surface area contributed by atoms with Crippen molar-refractivity contribution in [3.05, 3.63) is 0 Å². The summed E-state index contributed by atoms with van der Waals surface area (Å²) in [7, 11) is -3.67. The molecule has 102 valence electrons. The van der Waals surface area contributed by atoms with E-state index < -0.39 is 27.4 Å². The highest BCUT2D eigenvalue weighted by molar-refractivity contribution is 7.89. The van der Waals surface area contributed by atoms with Gasteiger partial charge >= 0.3 is 5.97 Å². The molecule has 6 nitrogen and oxygen atoms in total. The van der Waals surface area contributed by atoms with Gasteiger partial charge in [0, 0.05) is 6.42 Å². The fourth-order valence-corrected chi connectivity index (χ4v) is 3.87. The van der Waals surface area contributed by atoms with Crippen molar-refractivity contribution in [1.29, 1.82) is 5.26 Å². The second-order valence-electron chi connectivity index (χ2n) is 5.27. The van der Waals surface area contributed by atoms with E-state index in [0.717, 1.165) is 0 Å². The second kappa shape index (κ2) is 5.24. The van der Waals surface area contributed by atoms with Crippen LogP contribution in [0.25, 0.3) is 0 Å². The van der Waals surface area contributed by atoms with Crippen molar-refractivity contribution in [2.75, 3.05) is 5.75 Å². The van der Waals surface area contributed by atoms with Crippen LogP contribution in [0.2, 0.25) is 0 Å². The Morgan fingerprint density at radius 1 is 1.50 bits per heavy atom. The topological polar surface area (TPSA) is 107 Å². The Morgan fingerprint density at radius 3 is 2.39 bits per heavy atom. The highest BCUT2D eigenvalue weighted by Gasteiger charge is 2.46. The molecule has 1 aliphatic carbocycles. The summed E-state index contributed by atoms with van der Waals surface area (Å²) in [5.74, 6) is -1.67. The van der Waals surface area contributed by atoms with E-state index in [9.17, 15) is 13.2 Å². The van der Waals surface area contributed by atoms with E-state index in [4.69, 9.17) is 10.4 Å². The number of hydrogen-bond donors (Lipinski definition) is 2. The number of hydrogen-bond acceptors (Lipinski definition) is 4. The number of carbonyl (C=O) groups is 1. The molecule has 18 heavy (non-hydrogen) atoms. The Balaban J connectivity index is 2.71. The maximum atomic E-state index is 11.9. The molecule has 2 N–H and O–H groups in total. The second-order valence-corrected chi connectivity index (χ2v) is 7.03. The predicted molar refractivity (Wildman–Crippen MR) is 65.1 cm³/mol. The average Bonchev–Trinajstić information content (AvgIpc) is 2.93. The molecule has 1 saturated carbocycles. The lowest BCUT2D eigenvalue weighted by Gasteiger charge is -2.19. The number of rotatable bonds is 7. The minimum Gasteiger partial charge on any atom is -0.480 e. The molecule has 0 radical (unpaired) electrons. The van der Waals surface area contributed by atoms with Crippen molar-refractivity contribution in [2.24, 2.45) is 11.3 Å². The monoisotopic (exact) mass is 274 g/mol. The number of sulfonamides is 1. The summed E-state index contributed by atoms with van der Waals surface area (Å²) in [5.41, 5.74) is -0.458. The van der Waals surface area contributed by atoms with Crippen LogP contribution < -0.4 is 4.72 Å². The van der Waals surface area contributed by atoms with Gasteiger partial charge in [0.15, 0.2) is 0 Å². The number of nitrogens with one attached hydrogen (secondary N) is 1. The molecule has 0 aromatic rings. The maximum Gasteiger partial charge on any atom is 0.321 e. The van der Waals surface area contributed by atoms with E-state index in [2.05, 4.69) is 4.72 Å². The van der Waals surface area contributed by atoms with Crippen LogP contribution in [0.4, 0.5) is 0 Å². The van der Waals surface area contributed by atoms with E-state index in [1.165, 1.54) is 0 Å². The standard InChI is InChI=1S/C11H18N2O4S/c1-8(2)9(10(14)15)13-18(16,17)7-11(3-4-11)5-6-12/h8-9,13H,3-5,7H2,1-2H3,(H,14,15)/t9-/m0/s1. The van der Waals surface area contributed by atoms with Crippen LogP contribution in [-0.2, 0) is 14.8 Å². The zero-order valence-corrected chi connectivity index (χ0v) is 11.3. The van der Waals surface area contributed by atoms with Crippen LogP contribution in [0.1, 0.15) is 33.1 Å². The van der Waals surface area contributed by atoms with Gasteiger partial charge in [-0.2, -0.15) is 5.26 Å². The van der Waals surface area contributed by atoms with Crippen molar-refractivity contribution < 1.29 is 18.3 Å². The molecular weight excluding hydrogens is 256 g/mol. The number of nitriles is 1. The van der Waals surface area contributed by atoms with Crippen molar-refractivity contribution in [1.82, 2.24) is 4.72 Å². The summed E-state index contributed by atoms with van der Waals surface area (Å²) in [5, 5.41) is 17.6. The summed E-state index contributed by atoms with van der Waals surface area (Å²) < 4.78 is 26.0. The van der Waals surface area contributed by atoms with E-state index in [0.29, 0.717) is 12.8 Å². The summed E-state index contributed by atoms with van der Waals surface area (Å²) in [4.78, 5) is 10.9. The van der Waals surface area contributed by atoms with Crippen LogP contribution in [0.15, 0.2) is 0 Å². The zero-order valence-electron chi connectivity index (χ0n) is 10.5. The molecule has 1 aliphatic rings. The largest absolute Gasteiger partial charge is 0.480 e. The Morgan fingerprint density at radius 2 is 2.06 bits per heavy atom. The third kappa shape index (κ3) is 3.96. The molecule has 0 spiro atoms. The number of nitrogens with zero attached hydrogens (tertiary/aromatic N) is 1. The number of carboxylic acid groups (broad SMARTS) is 1. The van der Waals surface area contributed by atoms with Gasteiger partial charge in [-0.25, -0.2) is 13.1 Å². The molecular formula is C11H18N2O4S. The van der Waals surface area contributed by atoms with Crippen LogP contribution in [0, 0.1) is 22.7 Å². The Hall–Kier alpha value is -1.13. The molecule has 0 aromatic carbocycles. The van der Waals surface area contributed by atoms with Crippen molar-refractivity contribution in [3.63, 3.8) is 0 Å².